The molecule has 2 N–H and O–H groups in total. The monoisotopic (exact) mass is 244 g/mol. The van der Waals surface area contributed by atoms with Crippen molar-refractivity contribution in [3.05, 3.63) is 29.8 Å². The molecule has 1 aromatic carbocycles. The molecule has 0 saturated heterocycles. The molecule has 0 amide bonds. The average Bonchev–Trinajstić information content (AvgIpc) is 2.19. The Labute approximate surface area is 95.4 Å². The summed E-state index contributed by atoms with van der Waals surface area (Å²) in [7, 11) is -3.57. The fraction of sp³-hybridized carbons (Fsp3) is 0.455. The Balaban J connectivity index is 2.58. The zero-order valence-corrected chi connectivity index (χ0v) is 10.4. The summed E-state index contributed by atoms with van der Waals surface area (Å²) < 4.78 is 16.6. The minimum Gasteiger partial charge on any atom is -0.508 e. The number of hydrogen-bond donors (Lipinski definition) is 2. The summed E-state index contributed by atoms with van der Waals surface area (Å²) >= 11 is 0. The molecule has 0 aliphatic heterocycles. The predicted octanol–water partition coefficient (Wildman–Crippen LogP) is 2.75. The van der Waals surface area contributed by atoms with Crippen LogP contribution in [-0.4, -0.2) is 16.6 Å². The van der Waals surface area contributed by atoms with Crippen LogP contribution < -0.4 is 0 Å². The molecule has 1 unspecified atom stereocenters. The molecule has 1 atom stereocenters. The summed E-state index contributed by atoms with van der Waals surface area (Å²) in [6.45, 7) is 4.10. The highest BCUT2D eigenvalue weighted by atomic mass is 31.2. The Morgan fingerprint density at radius 1 is 1.31 bits per heavy atom. The number of aromatic hydroxyl groups is 1. The lowest BCUT2D eigenvalue weighted by Gasteiger charge is -2.13. The molecule has 0 radical (unpaired) electrons. The normalized spacial score (nSPS) is 15.0. The first-order valence-corrected chi connectivity index (χ1v) is 6.89. The van der Waals surface area contributed by atoms with E-state index in [9.17, 15) is 9.46 Å². The molecule has 0 aromatic heterocycles. The molecular formula is C11H17O4P. The van der Waals surface area contributed by atoms with Crippen molar-refractivity contribution in [3.8, 4) is 5.75 Å². The summed E-state index contributed by atoms with van der Waals surface area (Å²) in [4.78, 5) is 9.56. The van der Waals surface area contributed by atoms with Gasteiger partial charge in [-0.1, -0.05) is 26.0 Å². The maximum atomic E-state index is 11.6. The Bertz CT molecular complexity index is 372. The lowest BCUT2D eigenvalue weighted by atomic mass is 10.2. The summed E-state index contributed by atoms with van der Waals surface area (Å²) in [6.07, 6.45) is -0.0278. The van der Waals surface area contributed by atoms with Gasteiger partial charge in [0.15, 0.2) is 0 Å². The van der Waals surface area contributed by atoms with E-state index in [0.29, 0.717) is 5.56 Å². The quantitative estimate of drug-likeness (QED) is 0.781. The van der Waals surface area contributed by atoms with E-state index >= 15 is 0 Å². The van der Waals surface area contributed by atoms with Gasteiger partial charge in [0, 0.05) is 0 Å². The lowest BCUT2D eigenvalue weighted by molar-refractivity contribution is 0.228. The van der Waals surface area contributed by atoms with Gasteiger partial charge >= 0.3 is 7.60 Å². The number of benzene rings is 1. The number of hydrogen-bond acceptors (Lipinski definition) is 3. The van der Waals surface area contributed by atoms with Gasteiger partial charge in [0.25, 0.3) is 0 Å². The highest BCUT2D eigenvalue weighted by Crippen LogP contribution is 2.46. The maximum Gasteiger partial charge on any atom is 0.332 e. The largest absolute Gasteiger partial charge is 0.508 e. The van der Waals surface area contributed by atoms with E-state index in [1.54, 1.807) is 12.1 Å². The van der Waals surface area contributed by atoms with Crippen molar-refractivity contribution >= 4 is 7.60 Å². The topological polar surface area (TPSA) is 66.8 Å². The van der Waals surface area contributed by atoms with Crippen LogP contribution in [0.25, 0.3) is 0 Å². The summed E-state index contributed by atoms with van der Waals surface area (Å²) in [5.74, 6) is 0.361. The predicted molar refractivity (Wildman–Crippen MR) is 62.4 cm³/mol. The second-order valence-corrected chi connectivity index (χ2v) is 6.00. The van der Waals surface area contributed by atoms with Crippen molar-refractivity contribution < 1.29 is 19.1 Å². The first-order valence-electron chi connectivity index (χ1n) is 5.13. The van der Waals surface area contributed by atoms with Crippen LogP contribution in [0.5, 0.6) is 5.75 Å². The minimum atomic E-state index is -3.57. The van der Waals surface area contributed by atoms with Gasteiger partial charge in [0.2, 0.25) is 0 Å². The molecule has 1 aromatic rings. The molecule has 5 heteroatoms. The molecule has 90 valence electrons. The van der Waals surface area contributed by atoms with E-state index < -0.39 is 7.60 Å². The molecule has 4 nitrogen and oxygen atoms in total. The molecule has 0 aliphatic rings. The Kier molecular flexibility index (Phi) is 4.54. The van der Waals surface area contributed by atoms with Crippen LogP contribution in [0.15, 0.2) is 24.3 Å². The second-order valence-electron chi connectivity index (χ2n) is 4.15. The fourth-order valence-corrected chi connectivity index (χ4v) is 2.44. The van der Waals surface area contributed by atoms with Gasteiger partial charge in [-0.25, -0.2) is 0 Å². The van der Waals surface area contributed by atoms with E-state index in [4.69, 9.17) is 9.63 Å². The van der Waals surface area contributed by atoms with Crippen LogP contribution in [0, 0.1) is 5.92 Å². The molecule has 16 heavy (non-hydrogen) atoms. The van der Waals surface area contributed by atoms with Gasteiger partial charge in [-0.3, -0.25) is 4.57 Å². The Hall–Kier alpha value is -0.830. The van der Waals surface area contributed by atoms with Crippen molar-refractivity contribution in [2.75, 3.05) is 6.61 Å². The number of rotatable bonds is 5. The van der Waals surface area contributed by atoms with Crippen molar-refractivity contribution in [2.24, 2.45) is 5.92 Å². The lowest BCUT2D eigenvalue weighted by Crippen LogP contribution is -2.01. The van der Waals surface area contributed by atoms with E-state index in [-0.39, 0.29) is 24.4 Å². The van der Waals surface area contributed by atoms with Gasteiger partial charge in [0.05, 0.1) is 12.8 Å². The standard InChI is InChI=1S/C11H17O4P/c1-9(2)7-15-16(13,14)8-10-3-5-11(12)6-4-10/h3-6,9,12H,7-8H2,1-2H3,(H,13,14). The highest BCUT2D eigenvalue weighted by molar-refractivity contribution is 7.51. The highest BCUT2D eigenvalue weighted by Gasteiger charge is 2.20. The van der Waals surface area contributed by atoms with Crippen molar-refractivity contribution in [1.82, 2.24) is 0 Å². The zero-order chi connectivity index (χ0) is 12.2. The summed E-state index contributed by atoms with van der Waals surface area (Å²) in [5, 5.41) is 9.07. The van der Waals surface area contributed by atoms with Gasteiger partial charge < -0.3 is 14.5 Å². The fourth-order valence-electron chi connectivity index (χ4n) is 1.14. The van der Waals surface area contributed by atoms with Gasteiger partial charge in [-0.05, 0) is 23.6 Å². The average molecular weight is 244 g/mol. The molecule has 0 aliphatic carbocycles. The van der Waals surface area contributed by atoms with Crippen molar-refractivity contribution in [2.45, 2.75) is 20.0 Å². The molecule has 0 heterocycles. The summed E-state index contributed by atoms with van der Waals surface area (Å²) in [6, 6.07) is 6.18. The third-order valence-electron chi connectivity index (χ3n) is 1.93. The van der Waals surface area contributed by atoms with E-state index in [1.807, 2.05) is 13.8 Å². The van der Waals surface area contributed by atoms with Gasteiger partial charge in [-0.2, -0.15) is 0 Å². The smallest absolute Gasteiger partial charge is 0.332 e. The van der Waals surface area contributed by atoms with E-state index in [0.717, 1.165) is 0 Å². The van der Waals surface area contributed by atoms with Crippen LogP contribution >= 0.6 is 7.60 Å². The van der Waals surface area contributed by atoms with E-state index in [2.05, 4.69) is 0 Å². The Morgan fingerprint density at radius 2 is 1.88 bits per heavy atom. The number of phenols is 1. The first-order chi connectivity index (χ1) is 7.39. The zero-order valence-electron chi connectivity index (χ0n) is 9.46. The molecule has 0 fully saturated rings. The third-order valence-corrected chi connectivity index (χ3v) is 3.25. The van der Waals surface area contributed by atoms with Gasteiger partial charge in [0.1, 0.15) is 5.75 Å². The molecule has 0 bridgehead atoms. The second kappa shape index (κ2) is 5.48. The maximum absolute atomic E-state index is 11.6. The molecule has 1 rings (SSSR count). The van der Waals surface area contributed by atoms with E-state index in [1.165, 1.54) is 12.1 Å². The minimum absolute atomic E-state index is 0.0278. The Morgan fingerprint density at radius 3 is 2.38 bits per heavy atom. The van der Waals surface area contributed by atoms with Crippen LogP contribution in [0.1, 0.15) is 19.4 Å². The molecule has 0 spiro atoms. The van der Waals surface area contributed by atoms with Crippen molar-refractivity contribution in [3.63, 3.8) is 0 Å². The summed E-state index contributed by atoms with van der Waals surface area (Å²) in [5.41, 5.74) is 0.674. The van der Waals surface area contributed by atoms with Crippen LogP contribution in [0.3, 0.4) is 0 Å². The van der Waals surface area contributed by atoms with Crippen molar-refractivity contribution in [1.29, 1.82) is 0 Å². The van der Waals surface area contributed by atoms with Crippen LogP contribution in [0.2, 0.25) is 0 Å². The van der Waals surface area contributed by atoms with Gasteiger partial charge in [-0.15, -0.1) is 0 Å². The van der Waals surface area contributed by atoms with Crippen LogP contribution in [-0.2, 0) is 15.3 Å². The van der Waals surface area contributed by atoms with Crippen LogP contribution in [0.4, 0.5) is 0 Å². The SMILES string of the molecule is CC(C)COP(=O)(O)Cc1ccc(O)cc1. The molecule has 0 saturated carbocycles. The number of phenolic OH excluding ortho intramolecular Hbond substituents is 1. The first kappa shape index (κ1) is 13.2. The molecular weight excluding hydrogens is 227 g/mol. The third kappa shape index (κ3) is 4.79.